The van der Waals surface area contributed by atoms with Gasteiger partial charge in [-0.15, -0.1) is 11.6 Å². The monoisotopic (exact) mass is 227 g/mol. The molecule has 0 saturated carbocycles. The first-order valence-corrected chi connectivity index (χ1v) is 5.44. The van der Waals surface area contributed by atoms with Gasteiger partial charge < -0.3 is 11.1 Å². The van der Waals surface area contributed by atoms with Crippen LogP contribution in [0.25, 0.3) is 0 Å². The van der Waals surface area contributed by atoms with Gasteiger partial charge in [-0.05, 0) is 32.6 Å². The Kier molecular flexibility index (Phi) is 4.72. The molecule has 0 aliphatic rings. The molecule has 0 radical (unpaired) electrons. The minimum atomic E-state index is 0.0578. The maximum absolute atomic E-state index is 6.08. The van der Waals surface area contributed by atoms with E-state index in [9.17, 15) is 0 Å². The van der Waals surface area contributed by atoms with Crippen molar-refractivity contribution < 1.29 is 0 Å². The van der Waals surface area contributed by atoms with Crippen LogP contribution in [0.3, 0.4) is 0 Å². The molecule has 0 aliphatic carbocycles. The van der Waals surface area contributed by atoms with Crippen molar-refractivity contribution in [2.24, 2.45) is 0 Å². The van der Waals surface area contributed by atoms with Crippen LogP contribution < -0.4 is 11.1 Å². The fourth-order valence-corrected chi connectivity index (χ4v) is 1.35. The largest absolute Gasteiger partial charge is 0.397 e. The number of benzene rings is 1. The lowest BCUT2D eigenvalue weighted by Gasteiger charge is -2.18. The molecule has 0 aliphatic heterocycles. The van der Waals surface area contributed by atoms with E-state index in [0.29, 0.717) is 0 Å². The molecule has 3 nitrogen and oxygen atoms in total. The number of nitrogens with two attached hydrogens (primary N) is 1. The topological polar surface area (TPSA) is 41.3 Å². The van der Waals surface area contributed by atoms with Crippen molar-refractivity contribution >= 4 is 23.0 Å². The van der Waals surface area contributed by atoms with E-state index >= 15 is 0 Å². The van der Waals surface area contributed by atoms with E-state index in [1.807, 2.05) is 43.3 Å². The molecular weight excluding hydrogens is 210 g/mol. The van der Waals surface area contributed by atoms with Gasteiger partial charge in [-0.3, -0.25) is 4.90 Å². The molecule has 3 N–H and O–H groups in total. The first-order valence-electron chi connectivity index (χ1n) is 5.00. The molecule has 0 saturated heterocycles. The molecule has 0 amide bonds. The number of nitrogen functional groups attached to an aromatic ring is 1. The summed E-state index contributed by atoms with van der Waals surface area (Å²) in [6.07, 6.45) is 0.878. The van der Waals surface area contributed by atoms with E-state index in [1.54, 1.807) is 0 Å². The second kappa shape index (κ2) is 5.83. The van der Waals surface area contributed by atoms with Crippen LogP contribution in [0.4, 0.5) is 11.4 Å². The van der Waals surface area contributed by atoms with Gasteiger partial charge in [-0.25, -0.2) is 0 Å². The second-order valence-corrected chi connectivity index (χ2v) is 4.20. The third-order valence-electron chi connectivity index (χ3n) is 2.22. The number of hydrogen-bond acceptors (Lipinski definition) is 3. The third kappa shape index (κ3) is 3.98. The van der Waals surface area contributed by atoms with Gasteiger partial charge in [0.15, 0.2) is 0 Å². The van der Waals surface area contributed by atoms with Crippen molar-refractivity contribution in [3.05, 3.63) is 24.3 Å². The van der Waals surface area contributed by atoms with E-state index in [2.05, 4.69) is 5.32 Å². The number of rotatable bonds is 5. The average molecular weight is 228 g/mol. The van der Waals surface area contributed by atoms with Crippen LogP contribution in [0.1, 0.15) is 6.42 Å². The molecule has 1 aromatic carbocycles. The third-order valence-corrected chi connectivity index (χ3v) is 2.83. The van der Waals surface area contributed by atoms with Crippen LogP contribution >= 0.6 is 11.6 Å². The summed E-state index contributed by atoms with van der Waals surface area (Å²) in [6.45, 7) is 0.820. The van der Waals surface area contributed by atoms with Crippen molar-refractivity contribution in [2.45, 2.75) is 11.9 Å². The van der Waals surface area contributed by atoms with Crippen molar-refractivity contribution in [3.8, 4) is 0 Å². The molecule has 1 unspecified atom stereocenters. The second-order valence-electron chi connectivity index (χ2n) is 3.70. The molecule has 0 aromatic heterocycles. The maximum Gasteiger partial charge on any atom is 0.0862 e. The van der Waals surface area contributed by atoms with E-state index in [4.69, 9.17) is 17.3 Å². The zero-order valence-electron chi connectivity index (χ0n) is 9.20. The number of para-hydroxylation sites is 2. The summed E-state index contributed by atoms with van der Waals surface area (Å²) >= 11 is 6.08. The smallest absolute Gasteiger partial charge is 0.0862 e. The van der Waals surface area contributed by atoms with Crippen LogP contribution in [0, 0.1) is 0 Å². The highest BCUT2D eigenvalue weighted by molar-refractivity contribution is 6.20. The normalized spacial score (nSPS) is 12.8. The van der Waals surface area contributed by atoms with Crippen molar-refractivity contribution in [1.29, 1.82) is 0 Å². The Bertz CT molecular complexity index is 302. The summed E-state index contributed by atoms with van der Waals surface area (Å²) in [5.41, 5.74) is 7.59. The highest BCUT2D eigenvalue weighted by atomic mass is 35.5. The standard InChI is InChI=1S/C11H18ClN3/c1-15(2)11(12)7-8-14-10-6-4-3-5-9(10)13/h3-6,11,14H,7-8,13H2,1-2H3. The fourth-order valence-electron chi connectivity index (χ4n) is 1.24. The van der Waals surface area contributed by atoms with Gasteiger partial charge in [0.25, 0.3) is 0 Å². The van der Waals surface area contributed by atoms with Gasteiger partial charge in [0, 0.05) is 6.54 Å². The number of alkyl halides is 1. The number of nitrogens with zero attached hydrogens (tertiary/aromatic N) is 1. The van der Waals surface area contributed by atoms with Gasteiger partial charge in [-0.1, -0.05) is 12.1 Å². The Balaban J connectivity index is 2.35. The van der Waals surface area contributed by atoms with Crippen LogP contribution in [0.15, 0.2) is 24.3 Å². The van der Waals surface area contributed by atoms with Crippen molar-refractivity contribution in [3.63, 3.8) is 0 Å². The summed E-state index contributed by atoms with van der Waals surface area (Å²) in [7, 11) is 3.93. The first-order chi connectivity index (χ1) is 7.11. The lowest BCUT2D eigenvalue weighted by molar-refractivity contribution is 0.366. The Morgan fingerprint density at radius 1 is 1.40 bits per heavy atom. The molecule has 84 valence electrons. The van der Waals surface area contributed by atoms with E-state index in [1.165, 1.54) is 0 Å². The summed E-state index contributed by atoms with van der Waals surface area (Å²) < 4.78 is 0. The minimum Gasteiger partial charge on any atom is -0.397 e. The summed E-state index contributed by atoms with van der Waals surface area (Å²) in [5.74, 6) is 0. The molecule has 1 atom stereocenters. The van der Waals surface area contributed by atoms with Gasteiger partial charge >= 0.3 is 0 Å². The Hall–Kier alpha value is -0.930. The lowest BCUT2D eigenvalue weighted by Crippen LogP contribution is -2.24. The molecule has 0 spiro atoms. The van der Waals surface area contributed by atoms with Gasteiger partial charge in [0.05, 0.1) is 16.9 Å². The maximum atomic E-state index is 6.08. The molecule has 0 heterocycles. The van der Waals surface area contributed by atoms with Gasteiger partial charge in [0.2, 0.25) is 0 Å². The summed E-state index contributed by atoms with van der Waals surface area (Å²) in [4.78, 5) is 1.98. The van der Waals surface area contributed by atoms with Crippen LogP contribution in [0.2, 0.25) is 0 Å². The van der Waals surface area contributed by atoms with Gasteiger partial charge in [0.1, 0.15) is 0 Å². The Morgan fingerprint density at radius 3 is 2.67 bits per heavy atom. The number of nitrogens with one attached hydrogen (secondary N) is 1. The number of halogens is 1. The molecule has 1 aromatic rings. The zero-order chi connectivity index (χ0) is 11.3. The predicted molar refractivity (Wildman–Crippen MR) is 67.3 cm³/mol. The fraction of sp³-hybridized carbons (Fsp3) is 0.455. The average Bonchev–Trinajstić information content (AvgIpc) is 2.20. The molecule has 0 bridgehead atoms. The minimum absolute atomic E-state index is 0.0578. The van der Waals surface area contributed by atoms with E-state index in [0.717, 1.165) is 24.3 Å². The Labute approximate surface area is 96.2 Å². The van der Waals surface area contributed by atoms with Crippen molar-refractivity contribution in [1.82, 2.24) is 4.90 Å². The number of anilines is 2. The summed E-state index contributed by atoms with van der Waals surface area (Å²) in [6, 6.07) is 7.73. The van der Waals surface area contributed by atoms with Crippen LogP contribution in [-0.2, 0) is 0 Å². The molecule has 15 heavy (non-hydrogen) atoms. The summed E-state index contributed by atoms with van der Waals surface area (Å²) in [5, 5.41) is 3.26. The SMILES string of the molecule is CN(C)C(Cl)CCNc1ccccc1N. The molecule has 4 heteroatoms. The lowest BCUT2D eigenvalue weighted by atomic mass is 10.2. The number of hydrogen-bond donors (Lipinski definition) is 2. The van der Waals surface area contributed by atoms with Crippen molar-refractivity contribution in [2.75, 3.05) is 31.7 Å². The van der Waals surface area contributed by atoms with Crippen LogP contribution in [0.5, 0.6) is 0 Å². The zero-order valence-corrected chi connectivity index (χ0v) is 9.96. The quantitative estimate of drug-likeness (QED) is 0.460. The highest BCUT2D eigenvalue weighted by Gasteiger charge is 2.06. The molecule has 1 rings (SSSR count). The first kappa shape index (κ1) is 12.1. The highest BCUT2D eigenvalue weighted by Crippen LogP contribution is 2.17. The van der Waals surface area contributed by atoms with Crippen LogP contribution in [-0.4, -0.2) is 31.0 Å². The molecular formula is C11H18ClN3. The Morgan fingerprint density at radius 2 is 2.07 bits per heavy atom. The van der Waals surface area contributed by atoms with E-state index in [-0.39, 0.29) is 5.50 Å². The predicted octanol–water partition coefficient (Wildman–Crippen LogP) is 2.20. The van der Waals surface area contributed by atoms with E-state index < -0.39 is 0 Å². The molecule has 0 fully saturated rings. The van der Waals surface area contributed by atoms with Gasteiger partial charge in [-0.2, -0.15) is 0 Å².